The molecule has 1 rings (SSSR count). The minimum absolute atomic E-state index is 0.0332. The molecule has 2 N–H and O–H groups in total. The standard InChI is InChI=1S/C17H27NO3/c1-12(9-14(3)19)11-18-17(20)10-13(2)15-7-5-6-8-16(15)21-4/h5-8,12-14,19H,9-11H2,1-4H3,(H,18,20). The van der Waals surface area contributed by atoms with E-state index in [1.165, 1.54) is 0 Å². The van der Waals surface area contributed by atoms with Gasteiger partial charge in [0, 0.05) is 13.0 Å². The molecule has 1 amide bonds. The molecule has 4 heteroatoms. The third-order valence-electron chi connectivity index (χ3n) is 3.55. The van der Waals surface area contributed by atoms with E-state index in [2.05, 4.69) is 5.32 Å². The van der Waals surface area contributed by atoms with Gasteiger partial charge in [-0.1, -0.05) is 32.0 Å². The lowest BCUT2D eigenvalue weighted by atomic mass is 9.96. The summed E-state index contributed by atoms with van der Waals surface area (Å²) in [5.41, 5.74) is 1.05. The Labute approximate surface area is 127 Å². The minimum atomic E-state index is -0.329. The van der Waals surface area contributed by atoms with Crippen molar-refractivity contribution in [3.8, 4) is 5.75 Å². The normalized spacial score (nSPS) is 15.1. The number of para-hydroxylation sites is 1. The maximum atomic E-state index is 12.0. The smallest absolute Gasteiger partial charge is 0.220 e. The number of amides is 1. The highest BCUT2D eigenvalue weighted by atomic mass is 16.5. The average molecular weight is 293 g/mol. The van der Waals surface area contributed by atoms with Crippen LogP contribution in [0.5, 0.6) is 5.75 Å². The molecule has 1 aromatic carbocycles. The molecular formula is C17H27NO3. The Morgan fingerprint density at radius 1 is 1.29 bits per heavy atom. The molecule has 0 bridgehead atoms. The SMILES string of the molecule is COc1ccccc1C(C)CC(=O)NCC(C)CC(C)O. The molecule has 118 valence electrons. The molecule has 0 heterocycles. The van der Waals surface area contributed by atoms with Crippen LogP contribution in [0.1, 0.15) is 45.1 Å². The van der Waals surface area contributed by atoms with Crippen LogP contribution in [0, 0.1) is 5.92 Å². The van der Waals surface area contributed by atoms with Crippen molar-refractivity contribution >= 4 is 5.91 Å². The van der Waals surface area contributed by atoms with E-state index in [1.807, 2.05) is 38.1 Å². The van der Waals surface area contributed by atoms with Gasteiger partial charge in [-0.3, -0.25) is 4.79 Å². The van der Waals surface area contributed by atoms with Gasteiger partial charge < -0.3 is 15.2 Å². The summed E-state index contributed by atoms with van der Waals surface area (Å²) < 4.78 is 5.33. The van der Waals surface area contributed by atoms with Crippen LogP contribution in [0.25, 0.3) is 0 Å². The highest BCUT2D eigenvalue weighted by Gasteiger charge is 2.15. The molecule has 3 unspecified atom stereocenters. The lowest BCUT2D eigenvalue weighted by Crippen LogP contribution is -2.30. The first-order valence-electron chi connectivity index (χ1n) is 7.51. The number of carbonyl (C=O) groups is 1. The first kappa shape index (κ1) is 17.5. The maximum absolute atomic E-state index is 12.0. The van der Waals surface area contributed by atoms with Gasteiger partial charge in [-0.15, -0.1) is 0 Å². The fourth-order valence-electron chi connectivity index (χ4n) is 2.49. The molecule has 0 spiro atoms. The van der Waals surface area contributed by atoms with Gasteiger partial charge in [0.1, 0.15) is 5.75 Å². The summed E-state index contributed by atoms with van der Waals surface area (Å²) in [5.74, 6) is 1.23. The Kier molecular flexibility index (Phi) is 7.23. The van der Waals surface area contributed by atoms with Crippen LogP contribution < -0.4 is 10.1 Å². The van der Waals surface area contributed by atoms with Crippen molar-refractivity contribution in [1.29, 1.82) is 0 Å². The van der Waals surface area contributed by atoms with Crippen LogP contribution in [0.4, 0.5) is 0 Å². The molecular weight excluding hydrogens is 266 g/mol. The monoisotopic (exact) mass is 293 g/mol. The Morgan fingerprint density at radius 2 is 1.95 bits per heavy atom. The number of methoxy groups -OCH3 is 1. The zero-order valence-corrected chi connectivity index (χ0v) is 13.4. The molecule has 0 aliphatic rings. The van der Waals surface area contributed by atoms with Gasteiger partial charge >= 0.3 is 0 Å². The fourth-order valence-corrected chi connectivity index (χ4v) is 2.49. The predicted octanol–water partition coefficient (Wildman–Crippen LogP) is 2.71. The van der Waals surface area contributed by atoms with Crippen LogP contribution in [-0.4, -0.2) is 30.8 Å². The Bertz CT molecular complexity index is 445. The van der Waals surface area contributed by atoms with Crippen LogP contribution in [-0.2, 0) is 4.79 Å². The average Bonchev–Trinajstić information content (AvgIpc) is 2.44. The second kappa shape index (κ2) is 8.67. The first-order valence-corrected chi connectivity index (χ1v) is 7.51. The summed E-state index contributed by atoms with van der Waals surface area (Å²) in [5, 5.41) is 12.2. The quantitative estimate of drug-likeness (QED) is 0.775. The summed E-state index contributed by atoms with van der Waals surface area (Å²) >= 11 is 0. The predicted molar refractivity (Wildman–Crippen MR) is 84.5 cm³/mol. The van der Waals surface area contributed by atoms with E-state index in [4.69, 9.17) is 4.74 Å². The number of rotatable bonds is 8. The number of nitrogens with one attached hydrogen (secondary N) is 1. The molecule has 0 saturated carbocycles. The van der Waals surface area contributed by atoms with Crippen molar-refractivity contribution in [3.63, 3.8) is 0 Å². The molecule has 0 radical (unpaired) electrons. The third-order valence-corrected chi connectivity index (χ3v) is 3.55. The van der Waals surface area contributed by atoms with E-state index >= 15 is 0 Å². The molecule has 0 fully saturated rings. The number of aliphatic hydroxyl groups is 1. The van der Waals surface area contributed by atoms with E-state index < -0.39 is 0 Å². The molecule has 0 aliphatic heterocycles. The summed E-state index contributed by atoms with van der Waals surface area (Å²) in [6, 6.07) is 7.78. The highest BCUT2D eigenvalue weighted by molar-refractivity contribution is 5.77. The number of hydrogen-bond acceptors (Lipinski definition) is 3. The van der Waals surface area contributed by atoms with Crippen molar-refractivity contribution in [2.45, 2.75) is 45.6 Å². The largest absolute Gasteiger partial charge is 0.496 e. The molecule has 3 atom stereocenters. The summed E-state index contributed by atoms with van der Waals surface area (Å²) in [6.45, 7) is 6.41. The summed E-state index contributed by atoms with van der Waals surface area (Å²) in [7, 11) is 1.64. The molecule has 4 nitrogen and oxygen atoms in total. The second-order valence-electron chi connectivity index (χ2n) is 5.84. The van der Waals surface area contributed by atoms with Crippen LogP contribution >= 0.6 is 0 Å². The number of aliphatic hydroxyl groups excluding tert-OH is 1. The van der Waals surface area contributed by atoms with Crippen LogP contribution in [0.2, 0.25) is 0 Å². The molecule has 21 heavy (non-hydrogen) atoms. The molecule has 1 aromatic rings. The van der Waals surface area contributed by atoms with Crippen molar-refractivity contribution in [2.75, 3.05) is 13.7 Å². The van der Waals surface area contributed by atoms with Gasteiger partial charge in [0.2, 0.25) is 5.91 Å². The van der Waals surface area contributed by atoms with Gasteiger partial charge in [-0.25, -0.2) is 0 Å². The molecule has 0 aromatic heterocycles. The lowest BCUT2D eigenvalue weighted by molar-refractivity contribution is -0.121. The number of ether oxygens (including phenoxy) is 1. The number of carbonyl (C=O) groups excluding carboxylic acids is 1. The topological polar surface area (TPSA) is 58.6 Å². The van der Waals surface area contributed by atoms with Crippen molar-refractivity contribution in [3.05, 3.63) is 29.8 Å². The molecule has 0 saturated heterocycles. The van der Waals surface area contributed by atoms with E-state index in [1.54, 1.807) is 14.0 Å². The highest BCUT2D eigenvalue weighted by Crippen LogP contribution is 2.28. The van der Waals surface area contributed by atoms with Gasteiger partial charge in [-0.05, 0) is 36.8 Å². The number of hydrogen-bond donors (Lipinski definition) is 2. The second-order valence-corrected chi connectivity index (χ2v) is 5.84. The Hall–Kier alpha value is -1.55. The fraction of sp³-hybridized carbons (Fsp3) is 0.588. The van der Waals surface area contributed by atoms with Crippen LogP contribution in [0.15, 0.2) is 24.3 Å². The zero-order valence-electron chi connectivity index (χ0n) is 13.4. The Morgan fingerprint density at radius 3 is 2.57 bits per heavy atom. The van der Waals surface area contributed by atoms with Crippen LogP contribution in [0.3, 0.4) is 0 Å². The van der Waals surface area contributed by atoms with Gasteiger partial charge in [0.25, 0.3) is 0 Å². The molecule has 0 aliphatic carbocycles. The van der Waals surface area contributed by atoms with Crippen molar-refractivity contribution in [1.82, 2.24) is 5.32 Å². The van der Waals surface area contributed by atoms with Crippen molar-refractivity contribution in [2.24, 2.45) is 5.92 Å². The maximum Gasteiger partial charge on any atom is 0.220 e. The third kappa shape index (κ3) is 6.17. The summed E-state index contributed by atoms with van der Waals surface area (Å²) in [4.78, 5) is 12.0. The van der Waals surface area contributed by atoms with E-state index in [0.29, 0.717) is 19.4 Å². The minimum Gasteiger partial charge on any atom is -0.496 e. The van der Waals surface area contributed by atoms with E-state index in [0.717, 1.165) is 11.3 Å². The van der Waals surface area contributed by atoms with Gasteiger partial charge in [0.05, 0.1) is 13.2 Å². The van der Waals surface area contributed by atoms with E-state index in [9.17, 15) is 9.90 Å². The summed E-state index contributed by atoms with van der Waals surface area (Å²) in [6.07, 6.45) is 0.800. The van der Waals surface area contributed by atoms with Gasteiger partial charge in [-0.2, -0.15) is 0 Å². The Balaban J connectivity index is 2.47. The first-order chi connectivity index (χ1) is 9.93. The van der Waals surface area contributed by atoms with Crippen molar-refractivity contribution < 1.29 is 14.6 Å². The lowest BCUT2D eigenvalue weighted by Gasteiger charge is -2.17. The van der Waals surface area contributed by atoms with Gasteiger partial charge in [0.15, 0.2) is 0 Å². The number of benzene rings is 1. The van der Waals surface area contributed by atoms with E-state index in [-0.39, 0.29) is 23.8 Å². The zero-order chi connectivity index (χ0) is 15.8.